The van der Waals surface area contributed by atoms with Crippen LogP contribution in [0.1, 0.15) is 22.2 Å². The molecule has 1 aromatic carbocycles. The molecule has 6 heteroatoms. The summed E-state index contributed by atoms with van der Waals surface area (Å²) in [4.78, 5) is 21.4. The van der Waals surface area contributed by atoms with E-state index >= 15 is 0 Å². The van der Waals surface area contributed by atoms with E-state index < -0.39 is 17.2 Å². The van der Waals surface area contributed by atoms with E-state index in [1.165, 1.54) is 25.3 Å². The number of nitro benzene ring substituents is 1. The first-order valence-electron chi connectivity index (χ1n) is 4.16. The number of hydrogen-bond donors (Lipinski definition) is 0. The number of esters is 1. The van der Waals surface area contributed by atoms with Gasteiger partial charge in [-0.2, -0.15) is 0 Å². The van der Waals surface area contributed by atoms with Crippen LogP contribution >= 0.6 is 0 Å². The average molecular weight is 209 g/mol. The molecule has 1 unspecified atom stereocenters. The van der Waals surface area contributed by atoms with Gasteiger partial charge in [0.25, 0.3) is 5.69 Å². The molecule has 0 fully saturated rings. The summed E-state index contributed by atoms with van der Waals surface area (Å²) in [5, 5.41) is 10.7. The van der Waals surface area contributed by atoms with E-state index in [4.69, 9.17) is 9.47 Å². The van der Waals surface area contributed by atoms with Gasteiger partial charge in [-0.3, -0.25) is 10.1 Å². The van der Waals surface area contributed by atoms with Crippen LogP contribution in [0.3, 0.4) is 0 Å². The second-order valence-corrected chi connectivity index (χ2v) is 2.97. The van der Waals surface area contributed by atoms with Crippen LogP contribution in [0.4, 0.5) is 5.69 Å². The number of nitrogens with zero attached hydrogens (tertiary/aromatic N) is 1. The summed E-state index contributed by atoms with van der Waals surface area (Å²) in [6.07, 6.45) is -0.978. The van der Waals surface area contributed by atoms with E-state index in [1.54, 1.807) is 0 Å². The molecule has 0 bridgehead atoms. The third-order valence-electron chi connectivity index (χ3n) is 2.16. The summed E-state index contributed by atoms with van der Waals surface area (Å²) < 4.78 is 9.66. The summed E-state index contributed by atoms with van der Waals surface area (Å²) >= 11 is 0. The number of fused-ring (bicyclic) bond motifs is 1. The van der Waals surface area contributed by atoms with Crippen molar-refractivity contribution in [2.24, 2.45) is 0 Å². The van der Waals surface area contributed by atoms with Crippen molar-refractivity contribution in [3.05, 3.63) is 39.4 Å². The maximum Gasteiger partial charge on any atom is 0.341 e. The van der Waals surface area contributed by atoms with E-state index in [2.05, 4.69) is 0 Å². The smallest absolute Gasteiger partial charge is 0.341 e. The van der Waals surface area contributed by atoms with Crippen molar-refractivity contribution < 1.29 is 19.2 Å². The van der Waals surface area contributed by atoms with Crippen LogP contribution in [-0.4, -0.2) is 18.0 Å². The first-order chi connectivity index (χ1) is 7.15. The fourth-order valence-corrected chi connectivity index (χ4v) is 1.52. The summed E-state index contributed by atoms with van der Waals surface area (Å²) in [7, 11) is 1.32. The van der Waals surface area contributed by atoms with Crippen molar-refractivity contribution in [3.8, 4) is 0 Å². The van der Waals surface area contributed by atoms with Crippen molar-refractivity contribution in [1.29, 1.82) is 0 Å². The maximum absolute atomic E-state index is 11.3. The Hall–Kier alpha value is -1.95. The SMILES string of the molecule is COC1OC(=O)c2cccc([N+](=O)[O-])c21. The molecule has 0 aromatic heterocycles. The van der Waals surface area contributed by atoms with E-state index in [9.17, 15) is 14.9 Å². The first-order valence-corrected chi connectivity index (χ1v) is 4.16. The van der Waals surface area contributed by atoms with Gasteiger partial charge in [0.05, 0.1) is 10.5 Å². The van der Waals surface area contributed by atoms with Gasteiger partial charge < -0.3 is 9.47 Å². The van der Waals surface area contributed by atoms with Crippen LogP contribution < -0.4 is 0 Å². The molecule has 0 spiro atoms. The van der Waals surface area contributed by atoms with Crippen molar-refractivity contribution in [3.63, 3.8) is 0 Å². The number of hydrogen-bond acceptors (Lipinski definition) is 5. The van der Waals surface area contributed by atoms with Crippen LogP contribution in [-0.2, 0) is 9.47 Å². The number of carbonyl (C=O) groups excluding carboxylic acids is 1. The number of benzene rings is 1. The highest BCUT2D eigenvalue weighted by atomic mass is 16.7. The van der Waals surface area contributed by atoms with E-state index in [1.807, 2.05) is 0 Å². The molecule has 2 rings (SSSR count). The highest BCUT2D eigenvalue weighted by molar-refractivity contribution is 5.95. The number of ether oxygens (including phenoxy) is 2. The van der Waals surface area contributed by atoms with Gasteiger partial charge in [-0.25, -0.2) is 4.79 Å². The van der Waals surface area contributed by atoms with Crippen molar-refractivity contribution >= 4 is 11.7 Å². The third-order valence-corrected chi connectivity index (χ3v) is 2.16. The van der Waals surface area contributed by atoms with Crippen LogP contribution in [0.25, 0.3) is 0 Å². The Balaban J connectivity index is 2.63. The molecule has 0 aliphatic carbocycles. The fourth-order valence-electron chi connectivity index (χ4n) is 1.52. The quantitative estimate of drug-likeness (QED) is 0.418. The van der Waals surface area contributed by atoms with E-state index in [-0.39, 0.29) is 16.8 Å². The van der Waals surface area contributed by atoms with Crippen LogP contribution in [0, 0.1) is 10.1 Å². The zero-order chi connectivity index (χ0) is 11.0. The van der Waals surface area contributed by atoms with Crippen LogP contribution in [0.5, 0.6) is 0 Å². The Morgan fingerprint density at radius 3 is 2.87 bits per heavy atom. The molecule has 0 radical (unpaired) electrons. The monoisotopic (exact) mass is 209 g/mol. The largest absolute Gasteiger partial charge is 0.427 e. The molecule has 1 aromatic rings. The van der Waals surface area contributed by atoms with E-state index in [0.717, 1.165) is 0 Å². The summed E-state index contributed by atoms with van der Waals surface area (Å²) in [5.74, 6) is -0.597. The summed E-state index contributed by atoms with van der Waals surface area (Å²) in [6, 6.07) is 4.23. The van der Waals surface area contributed by atoms with Gasteiger partial charge in [0.15, 0.2) is 0 Å². The van der Waals surface area contributed by atoms with Gasteiger partial charge in [-0.1, -0.05) is 6.07 Å². The minimum absolute atomic E-state index is 0.162. The standard InChI is InChI=1S/C9H7NO5/c1-14-9-7-5(8(11)15-9)3-2-4-6(7)10(12)13/h2-4,9H,1H3. The molecule has 0 saturated heterocycles. The molecule has 1 atom stereocenters. The minimum Gasteiger partial charge on any atom is -0.427 e. The van der Waals surface area contributed by atoms with Crippen molar-refractivity contribution in [2.45, 2.75) is 6.29 Å². The van der Waals surface area contributed by atoms with Gasteiger partial charge in [0.2, 0.25) is 6.29 Å². The lowest BCUT2D eigenvalue weighted by molar-refractivity contribution is -0.386. The molecule has 0 N–H and O–H groups in total. The second kappa shape index (κ2) is 3.32. The molecule has 0 saturated carbocycles. The summed E-state index contributed by atoms with van der Waals surface area (Å²) in [6.45, 7) is 0. The Morgan fingerprint density at radius 1 is 1.53 bits per heavy atom. The van der Waals surface area contributed by atoms with E-state index in [0.29, 0.717) is 0 Å². The van der Waals surface area contributed by atoms with Crippen molar-refractivity contribution in [2.75, 3.05) is 7.11 Å². The lowest BCUT2D eigenvalue weighted by Gasteiger charge is -2.07. The lowest BCUT2D eigenvalue weighted by Crippen LogP contribution is -2.02. The Morgan fingerprint density at radius 2 is 2.27 bits per heavy atom. The minimum atomic E-state index is -0.978. The highest BCUT2D eigenvalue weighted by Crippen LogP contribution is 2.37. The molecule has 0 amide bonds. The van der Waals surface area contributed by atoms with Gasteiger partial charge in [0, 0.05) is 13.2 Å². The molecule has 1 aliphatic heterocycles. The molecule has 6 nitrogen and oxygen atoms in total. The fraction of sp³-hybridized carbons (Fsp3) is 0.222. The average Bonchev–Trinajstić information content (AvgIpc) is 2.55. The molecule has 1 aliphatic rings. The maximum atomic E-state index is 11.3. The molecule has 1 heterocycles. The second-order valence-electron chi connectivity index (χ2n) is 2.97. The Kier molecular flexibility index (Phi) is 2.12. The molecular weight excluding hydrogens is 202 g/mol. The molecule has 15 heavy (non-hydrogen) atoms. The van der Waals surface area contributed by atoms with Gasteiger partial charge in [0.1, 0.15) is 5.56 Å². The Bertz CT molecular complexity index is 442. The number of rotatable bonds is 2. The zero-order valence-electron chi connectivity index (χ0n) is 7.80. The normalized spacial score (nSPS) is 18.5. The topological polar surface area (TPSA) is 78.7 Å². The predicted molar refractivity (Wildman–Crippen MR) is 48.3 cm³/mol. The summed E-state index contributed by atoms with van der Waals surface area (Å²) in [5.41, 5.74) is 0.219. The molecule has 78 valence electrons. The number of cyclic esters (lactones) is 1. The number of methoxy groups -OCH3 is 1. The lowest BCUT2D eigenvalue weighted by atomic mass is 10.1. The zero-order valence-corrected chi connectivity index (χ0v) is 7.80. The third kappa shape index (κ3) is 1.35. The van der Waals surface area contributed by atoms with Gasteiger partial charge in [-0.05, 0) is 6.07 Å². The first kappa shape index (κ1) is 9.60. The number of carbonyl (C=O) groups is 1. The van der Waals surface area contributed by atoms with Gasteiger partial charge in [-0.15, -0.1) is 0 Å². The van der Waals surface area contributed by atoms with Crippen molar-refractivity contribution in [1.82, 2.24) is 0 Å². The Labute approximate surface area is 84.6 Å². The highest BCUT2D eigenvalue weighted by Gasteiger charge is 2.37. The van der Waals surface area contributed by atoms with Crippen LogP contribution in [0.2, 0.25) is 0 Å². The molecular formula is C9H7NO5. The number of nitro groups is 1. The van der Waals surface area contributed by atoms with Crippen LogP contribution in [0.15, 0.2) is 18.2 Å². The predicted octanol–water partition coefficient (Wildman–Crippen LogP) is 1.41. The van der Waals surface area contributed by atoms with Gasteiger partial charge >= 0.3 is 5.97 Å².